The van der Waals surface area contributed by atoms with Crippen molar-refractivity contribution in [3.05, 3.63) is 11.4 Å². The van der Waals surface area contributed by atoms with Gasteiger partial charge >= 0.3 is 0 Å². The van der Waals surface area contributed by atoms with Crippen LogP contribution in [0.5, 0.6) is 5.75 Å². The lowest BCUT2D eigenvalue weighted by Crippen LogP contribution is -2.51. The zero-order valence-corrected chi connectivity index (χ0v) is 12.7. The Kier molecular flexibility index (Phi) is 5.42. The lowest BCUT2D eigenvalue weighted by molar-refractivity contribution is 0.309. The van der Waals surface area contributed by atoms with Crippen LogP contribution in [0, 0.1) is 0 Å². The van der Waals surface area contributed by atoms with Crippen LogP contribution in [-0.4, -0.2) is 45.5 Å². The van der Waals surface area contributed by atoms with Crippen LogP contribution in [0.3, 0.4) is 0 Å². The molecule has 1 unspecified atom stereocenters. The van der Waals surface area contributed by atoms with Crippen LogP contribution in [0.2, 0.25) is 0 Å². The van der Waals surface area contributed by atoms with Gasteiger partial charge in [0, 0.05) is 25.7 Å². The Morgan fingerprint density at radius 1 is 1.56 bits per heavy atom. The number of halogens is 1. The number of piperazine rings is 1. The third kappa shape index (κ3) is 2.97. The molecule has 8 heteroatoms. The van der Waals surface area contributed by atoms with Crippen LogP contribution >= 0.6 is 23.7 Å². The van der Waals surface area contributed by atoms with E-state index >= 15 is 0 Å². The van der Waals surface area contributed by atoms with E-state index in [1.54, 1.807) is 11.4 Å². The van der Waals surface area contributed by atoms with Crippen molar-refractivity contribution in [3.8, 4) is 5.75 Å². The van der Waals surface area contributed by atoms with Crippen LogP contribution in [-0.2, 0) is 10.0 Å². The smallest absolute Gasteiger partial charge is 0.256 e. The van der Waals surface area contributed by atoms with E-state index in [9.17, 15) is 8.42 Å². The molecular formula is C10H17ClN2O3S2. The van der Waals surface area contributed by atoms with E-state index < -0.39 is 10.0 Å². The topological polar surface area (TPSA) is 58.6 Å². The first kappa shape index (κ1) is 15.7. The molecule has 0 radical (unpaired) electrons. The second kappa shape index (κ2) is 6.21. The van der Waals surface area contributed by atoms with E-state index in [1.807, 2.05) is 6.92 Å². The van der Waals surface area contributed by atoms with Gasteiger partial charge < -0.3 is 10.1 Å². The van der Waals surface area contributed by atoms with Gasteiger partial charge in [-0.05, 0) is 18.4 Å². The van der Waals surface area contributed by atoms with Crippen molar-refractivity contribution in [2.45, 2.75) is 17.2 Å². The molecule has 0 bridgehead atoms. The first-order valence-electron chi connectivity index (χ1n) is 5.40. The number of methoxy groups -OCH3 is 1. The molecule has 1 N–H and O–H groups in total. The van der Waals surface area contributed by atoms with Gasteiger partial charge in [0.05, 0.1) is 7.11 Å². The molecule has 2 rings (SSSR count). The molecule has 0 saturated carbocycles. The van der Waals surface area contributed by atoms with E-state index in [0.717, 1.165) is 0 Å². The fourth-order valence-corrected chi connectivity index (χ4v) is 4.80. The Bertz CT molecular complexity index is 489. The van der Waals surface area contributed by atoms with Gasteiger partial charge in [-0.25, -0.2) is 8.42 Å². The van der Waals surface area contributed by atoms with E-state index in [0.29, 0.717) is 29.6 Å². The first-order chi connectivity index (χ1) is 8.05. The molecule has 5 nitrogen and oxygen atoms in total. The van der Waals surface area contributed by atoms with E-state index in [1.165, 1.54) is 22.8 Å². The summed E-state index contributed by atoms with van der Waals surface area (Å²) in [6, 6.07) is 1.87. The number of nitrogens with one attached hydrogen (secondary N) is 1. The predicted molar refractivity (Wildman–Crippen MR) is 74.3 cm³/mol. The summed E-state index contributed by atoms with van der Waals surface area (Å²) in [5.41, 5.74) is 0. The van der Waals surface area contributed by atoms with E-state index in [2.05, 4.69) is 5.32 Å². The average molecular weight is 313 g/mol. The average Bonchev–Trinajstić information content (AvgIpc) is 2.77. The van der Waals surface area contributed by atoms with Crippen molar-refractivity contribution in [3.63, 3.8) is 0 Å². The van der Waals surface area contributed by atoms with Gasteiger partial charge in [0.2, 0.25) is 0 Å². The maximum atomic E-state index is 12.4. The van der Waals surface area contributed by atoms with Crippen LogP contribution in [0.25, 0.3) is 0 Å². The summed E-state index contributed by atoms with van der Waals surface area (Å²) >= 11 is 1.20. The zero-order chi connectivity index (χ0) is 12.5. The van der Waals surface area contributed by atoms with Gasteiger partial charge in [0.1, 0.15) is 5.75 Å². The SMILES string of the molecule is COc1ccsc1S(=O)(=O)N1CCNC(C)C1.Cl. The van der Waals surface area contributed by atoms with Crippen LogP contribution in [0.1, 0.15) is 6.92 Å². The summed E-state index contributed by atoms with van der Waals surface area (Å²) in [5.74, 6) is 0.432. The monoisotopic (exact) mass is 312 g/mol. The molecule has 18 heavy (non-hydrogen) atoms. The van der Waals surface area contributed by atoms with Gasteiger partial charge in [0.25, 0.3) is 10.0 Å². The molecule has 104 valence electrons. The molecule has 0 amide bonds. The Morgan fingerprint density at radius 2 is 2.28 bits per heavy atom. The van der Waals surface area contributed by atoms with Gasteiger partial charge in [-0.2, -0.15) is 4.31 Å². The third-order valence-electron chi connectivity index (χ3n) is 2.72. The van der Waals surface area contributed by atoms with Gasteiger partial charge in [-0.1, -0.05) is 0 Å². The molecule has 0 spiro atoms. The quantitative estimate of drug-likeness (QED) is 0.910. The number of hydrogen-bond acceptors (Lipinski definition) is 5. The van der Waals surface area contributed by atoms with Crippen LogP contribution < -0.4 is 10.1 Å². The third-order valence-corrected chi connectivity index (χ3v) is 6.01. The van der Waals surface area contributed by atoms with Crippen molar-refractivity contribution in [2.75, 3.05) is 26.7 Å². The highest BCUT2D eigenvalue weighted by Gasteiger charge is 2.31. The molecular weight excluding hydrogens is 296 g/mol. The van der Waals surface area contributed by atoms with Gasteiger partial charge in [-0.15, -0.1) is 23.7 Å². The standard InChI is InChI=1S/C10H16N2O3S2.ClH/c1-8-7-12(5-4-11-8)17(13,14)10-9(15-2)3-6-16-10;/h3,6,8,11H,4-5,7H2,1-2H3;1H. The zero-order valence-electron chi connectivity index (χ0n) is 10.3. The number of thiophene rings is 1. The maximum Gasteiger partial charge on any atom is 0.256 e. The molecule has 0 aromatic carbocycles. The van der Waals surface area contributed by atoms with Gasteiger partial charge in [-0.3, -0.25) is 0 Å². The number of hydrogen-bond donors (Lipinski definition) is 1. The largest absolute Gasteiger partial charge is 0.494 e. The first-order valence-corrected chi connectivity index (χ1v) is 7.72. The molecule has 2 heterocycles. The molecule has 1 aliphatic heterocycles. The predicted octanol–water partition coefficient (Wildman–Crippen LogP) is 1.16. The summed E-state index contributed by atoms with van der Waals surface area (Å²) in [6.07, 6.45) is 0. The highest BCUT2D eigenvalue weighted by atomic mass is 35.5. The van der Waals surface area contributed by atoms with Crippen molar-refractivity contribution in [2.24, 2.45) is 0 Å². The highest BCUT2D eigenvalue weighted by Crippen LogP contribution is 2.32. The molecule has 1 saturated heterocycles. The molecule has 1 aliphatic rings. The summed E-state index contributed by atoms with van der Waals surface area (Å²) < 4.78 is 31.7. The number of nitrogens with zero attached hydrogens (tertiary/aromatic N) is 1. The molecule has 1 aromatic rings. The summed E-state index contributed by atoms with van der Waals surface area (Å²) in [5, 5.41) is 4.96. The number of ether oxygens (including phenoxy) is 1. The Morgan fingerprint density at radius 3 is 2.89 bits per heavy atom. The van der Waals surface area contributed by atoms with Crippen molar-refractivity contribution >= 4 is 33.8 Å². The van der Waals surface area contributed by atoms with Crippen molar-refractivity contribution in [1.82, 2.24) is 9.62 Å². The van der Waals surface area contributed by atoms with Crippen LogP contribution in [0.15, 0.2) is 15.7 Å². The minimum atomic E-state index is -3.41. The van der Waals surface area contributed by atoms with Crippen LogP contribution in [0.4, 0.5) is 0 Å². The fraction of sp³-hybridized carbons (Fsp3) is 0.600. The van der Waals surface area contributed by atoms with Crippen molar-refractivity contribution in [1.29, 1.82) is 0 Å². The molecule has 1 aromatic heterocycles. The van der Waals surface area contributed by atoms with E-state index in [-0.39, 0.29) is 18.4 Å². The maximum absolute atomic E-state index is 12.4. The number of sulfonamides is 1. The molecule has 1 fully saturated rings. The Balaban J connectivity index is 0.00000162. The second-order valence-electron chi connectivity index (χ2n) is 3.99. The Labute approximate surface area is 118 Å². The second-order valence-corrected chi connectivity index (χ2v) is 7.04. The molecule has 1 atom stereocenters. The normalized spacial score (nSPS) is 21.3. The van der Waals surface area contributed by atoms with E-state index in [4.69, 9.17) is 4.74 Å². The lowest BCUT2D eigenvalue weighted by Gasteiger charge is -2.30. The van der Waals surface area contributed by atoms with Crippen molar-refractivity contribution < 1.29 is 13.2 Å². The fourth-order valence-electron chi connectivity index (χ4n) is 1.86. The lowest BCUT2D eigenvalue weighted by atomic mass is 10.3. The minimum absolute atomic E-state index is 0. The summed E-state index contributed by atoms with van der Waals surface area (Å²) in [4.78, 5) is 0. The van der Waals surface area contributed by atoms with Gasteiger partial charge in [0.15, 0.2) is 4.21 Å². The summed E-state index contributed by atoms with van der Waals surface area (Å²) in [7, 11) is -1.92. The number of rotatable bonds is 3. The highest BCUT2D eigenvalue weighted by molar-refractivity contribution is 7.91. The summed E-state index contributed by atoms with van der Waals surface area (Å²) in [6.45, 7) is 3.68. The minimum Gasteiger partial charge on any atom is -0.494 e. The molecule has 0 aliphatic carbocycles. The Hall–Kier alpha value is -0.340.